The molecule has 0 radical (unpaired) electrons. The smallest absolute Gasteiger partial charge is 0.180 e. The SMILES string of the molecule is CNc1nc(-c2cncn2C2CC2)nc2c1CCCC2. The van der Waals surface area contributed by atoms with Crippen LogP contribution in [0.2, 0.25) is 0 Å². The van der Waals surface area contributed by atoms with Crippen molar-refractivity contribution in [3.8, 4) is 11.5 Å². The van der Waals surface area contributed by atoms with Gasteiger partial charge in [-0.05, 0) is 38.5 Å². The van der Waals surface area contributed by atoms with Crippen LogP contribution in [0.1, 0.15) is 43.0 Å². The summed E-state index contributed by atoms with van der Waals surface area (Å²) >= 11 is 0. The lowest BCUT2D eigenvalue weighted by molar-refractivity contribution is 0.663. The Hall–Kier alpha value is -1.91. The molecule has 0 spiro atoms. The minimum Gasteiger partial charge on any atom is -0.373 e. The highest BCUT2D eigenvalue weighted by atomic mass is 15.1. The van der Waals surface area contributed by atoms with Crippen molar-refractivity contribution >= 4 is 5.82 Å². The molecule has 2 aliphatic carbocycles. The maximum atomic E-state index is 4.82. The summed E-state index contributed by atoms with van der Waals surface area (Å²) in [5.74, 6) is 1.81. The molecule has 0 amide bonds. The highest BCUT2D eigenvalue weighted by Gasteiger charge is 2.27. The Morgan fingerprint density at radius 1 is 1.20 bits per heavy atom. The molecular weight excluding hydrogens is 250 g/mol. The van der Waals surface area contributed by atoms with E-state index in [4.69, 9.17) is 9.97 Å². The Bertz CT molecular complexity index is 624. The van der Waals surface area contributed by atoms with Crippen molar-refractivity contribution in [3.05, 3.63) is 23.8 Å². The zero-order valence-corrected chi connectivity index (χ0v) is 11.8. The van der Waals surface area contributed by atoms with Gasteiger partial charge in [-0.15, -0.1) is 0 Å². The first-order valence-electron chi connectivity index (χ1n) is 7.46. The van der Waals surface area contributed by atoms with Gasteiger partial charge in [0.2, 0.25) is 0 Å². The van der Waals surface area contributed by atoms with Crippen molar-refractivity contribution in [2.24, 2.45) is 0 Å². The number of hydrogen-bond acceptors (Lipinski definition) is 4. The average molecular weight is 269 g/mol. The van der Waals surface area contributed by atoms with E-state index in [1.807, 2.05) is 19.6 Å². The van der Waals surface area contributed by atoms with Crippen LogP contribution in [0.4, 0.5) is 5.82 Å². The summed E-state index contributed by atoms with van der Waals surface area (Å²) in [5.41, 5.74) is 3.58. The lowest BCUT2D eigenvalue weighted by Crippen LogP contribution is -2.12. The van der Waals surface area contributed by atoms with E-state index in [0.29, 0.717) is 6.04 Å². The van der Waals surface area contributed by atoms with E-state index in [-0.39, 0.29) is 0 Å². The fraction of sp³-hybridized carbons (Fsp3) is 0.533. The minimum absolute atomic E-state index is 0.602. The van der Waals surface area contributed by atoms with Crippen LogP contribution in [0.5, 0.6) is 0 Å². The molecule has 2 aromatic heterocycles. The second kappa shape index (κ2) is 4.58. The van der Waals surface area contributed by atoms with Gasteiger partial charge in [0.25, 0.3) is 0 Å². The largest absolute Gasteiger partial charge is 0.373 e. The maximum Gasteiger partial charge on any atom is 0.180 e. The second-order valence-electron chi connectivity index (χ2n) is 5.70. The summed E-state index contributed by atoms with van der Waals surface area (Å²) in [7, 11) is 1.94. The number of nitrogens with one attached hydrogen (secondary N) is 1. The first kappa shape index (κ1) is 11.9. The first-order valence-corrected chi connectivity index (χ1v) is 7.46. The van der Waals surface area contributed by atoms with Crippen molar-refractivity contribution in [1.82, 2.24) is 19.5 Å². The van der Waals surface area contributed by atoms with Crippen LogP contribution in [-0.2, 0) is 12.8 Å². The molecule has 0 saturated heterocycles. The Balaban J connectivity index is 1.83. The summed E-state index contributed by atoms with van der Waals surface area (Å²) < 4.78 is 2.23. The number of fused-ring (bicyclic) bond motifs is 1. The zero-order valence-electron chi connectivity index (χ0n) is 11.8. The van der Waals surface area contributed by atoms with Crippen LogP contribution in [0, 0.1) is 0 Å². The number of aryl methyl sites for hydroxylation is 1. The van der Waals surface area contributed by atoms with E-state index in [9.17, 15) is 0 Å². The minimum atomic E-state index is 0.602. The topological polar surface area (TPSA) is 55.6 Å². The molecule has 4 rings (SSSR count). The molecular formula is C15H19N5. The predicted molar refractivity (Wildman–Crippen MR) is 77.7 cm³/mol. The summed E-state index contributed by atoms with van der Waals surface area (Å²) in [5, 5.41) is 3.24. The van der Waals surface area contributed by atoms with Gasteiger partial charge in [0.1, 0.15) is 11.5 Å². The second-order valence-corrected chi connectivity index (χ2v) is 5.70. The molecule has 0 bridgehead atoms. The summed E-state index contributed by atoms with van der Waals surface area (Å²) in [4.78, 5) is 13.8. The van der Waals surface area contributed by atoms with Crippen LogP contribution in [0.3, 0.4) is 0 Å². The summed E-state index contributed by atoms with van der Waals surface area (Å²) in [6.07, 6.45) is 10.9. The van der Waals surface area contributed by atoms with Crippen LogP contribution in [0.15, 0.2) is 12.5 Å². The Morgan fingerprint density at radius 2 is 2.05 bits per heavy atom. The summed E-state index contributed by atoms with van der Waals surface area (Å²) in [6.45, 7) is 0. The molecule has 5 nitrogen and oxygen atoms in total. The number of rotatable bonds is 3. The summed E-state index contributed by atoms with van der Waals surface area (Å²) in [6, 6.07) is 0.602. The van der Waals surface area contributed by atoms with E-state index in [0.717, 1.165) is 30.2 Å². The predicted octanol–water partition coefficient (Wildman–Crippen LogP) is 2.60. The molecule has 2 aromatic rings. The molecule has 5 heteroatoms. The third-order valence-corrected chi connectivity index (χ3v) is 4.26. The quantitative estimate of drug-likeness (QED) is 0.930. The fourth-order valence-corrected chi connectivity index (χ4v) is 3.04. The highest BCUT2D eigenvalue weighted by Crippen LogP contribution is 2.38. The van der Waals surface area contributed by atoms with Crippen molar-refractivity contribution in [1.29, 1.82) is 0 Å². The number of aromatic nitrogens is 4. The first-order chi connectivity index (χ1) is 9.86. The van der Waals surface area contributed by atoms with Gasteiger partial charge in [-0.2, -0.15) is 0 Å². The Morgan fingerprint density at radius 3 is 2.85 bits per heavy atom. The van der Waals surface area contributed by atoms with Gasteiger partial charge in [-0.1, -0.05) is 0 Å². The van der Waals surface area contributed by atoms with Crippen LogP contribution in [0.25, 0.3) is 11.5 Å². The molecule has 0 aliphatic heterocycles. The molecule has 0 atom stereocenters. The van der Waals surface area contributed by atoms with Gasteiger partial charge < -0.3 is 9.88 Å². The van der Waals surface area contributed by atoms with E-state index >= 15 is 0 Å². The van der Waals surface area contributed by atoms with Gasteiger partial charge in [-0.3, -0.25) is 0 Å². The number of anilines is 1. The average Bonchev–Trinajstić information content (AvgIpc) is 3.23. The lowest BCUT2D eigenvalue weighted by atomic mass is 9.96. The third kappa shape index (κ3) is 1.88. The van der Waals surface area contributed by atoms with E-state index < -0.39 is 0 Å². The molecule has 2 heterocycles. The fourth-order valence-electron chi connectivity index (χ4n) is 3.04. The normalized spacial score (nSPS) is 17.9. The van der Waals surface area contributed by atoms with Gasteiger partial charge in [-0.25, -0.2) is 15.0 Å². The molecule has 1 saturated carbocycles. The van der Waals surface area contributed by atoms with E-state index in [2.05, 4.69) is 14.9 Å². The number of hydrogen-bond donors (Lipinski definition) is 1. The molecule has 1 fully saturated rings. The Labute approximate surface area is 118 Å². The van der Waals surface area contributed by atoms with Gasteiger partial charge in [0, 0.05) is 24.3 Å². The maximum absolute atomic E-state index is 4.82. The Kier molecular flexibility index (Phi) is 2.72. The van der Waals surface area contributed by atoms with E-state index in [1.54, 1.807) is 0 Å². The van der Waals surface area contributed by atoms with E-state index in [1.165, 1.54) is 36.9 Å². The van der Waals surface area contributed by atoms with Crippen molar-refractivity contribution < 1.29 is 0 Å². The van der Waals surface area contributed by atoms with Gasteiger partial charge in [0.15, 0.2) is 5.82 Å². The standard InChI is InChI=1S/C15H19N5/c1-16-14-11-4-2-3-5-12(11)18-15(19-14)13-8-17-9-20(13)10-6-7-10/h8-10H,2-7H2,1H3,(H,16,18,19). The molecule has 104 valence electrons. The highest BCUT2D eigenvalue weighted by molar-refractivity contribution is 5.57. The molecule has 2 aliphatic rings. The lowest BCUT2D eigenvalue weighted by Gasteiger charge is -2.19. The molecule has 0 aromatic carbocycles. The van der Waals surface area contributed by atoms with Crippen LogP contribution in [-0.4, -0.2) is 26.6 Å². The van der Waals surface area contributed by atoms with Gasteiger partial charge >= 0.3 is 0 Å². The number of nitrogens with zero attached hydrogens (tertiary/aromatic N) is 4. The van der Waals surface area contributed by atoms with Crippen molar-refractivity contribution in [2.45, 2.75) is 44.6 Å². The van der Waals surface area contributed by atoms with Gasteiger partial charge in [0.05, 0.1) is 12.5 Å². The zero-order chi connectivity index (χ0) is 13.5. The molecule has 1 N–H and O–H groups in total. The van der Waals surface area contributed by atoms with Crippen molar-refractivity contribution in [2.75, 3.05) is 12.4 Å². The number of imidazole rings is 1. The van der Waals surface area contributed by atoms with Crippen molar-refractivity contribution in [3.63, 3.8) is 0 Å². The van der Waals surface area contributed by atoms with Crippen LogP contribution >= 0.6 is 0 Å². The third-order valence-electron chi connectivity index (χ3n) is 4.26. The molecule has 0 unspecified atom stereocenters. The van der Waals surface area contributed by atoms with Crippen LogP contribution < -0.4 is 5.32 Å². The monoisotopic (exact) mass is 269 g/mol. The molecule has 20 heavy (non-hydrogen) atoms.